The van der Waals surface area contributed by atoms with Crippen LogP contribution in [0.4, 0.5) is 4.39 Å². The van der Waals surface area contributed by atoms with Crippen LogP contribution in [0.2, 0.25) is 0 Å². The lowest BCUT2D eigenvalue weighted by molar-refractivity contribution is 0.580. The SMILES string of the molecule is CC.CC1=CC(Br)=C(F)CC1. The van der Waals surface area contributed by atoms with Gasteiger partial charge in [-0.25, -0.2) is 4.39 Å². The van der Waals surface area contributed by atoms with Gasteiger partial charge in [-0.1, -0.05) is 19.4 Å². The van der Waals surface area contributed by atoms with E-state index in [2.05, 4.69) is 15.9 Å². The molecular formula is C9H14BrF. The molecule has 0 aromatic heterocycles. The van der Waals surface area contributed by atoms with Crippen LogP contribution in [0.5, 0.6) is 0 Å². The lowest BCUT2D eigenvalue weighted by Crippen LogP contribution is -1.88. The Bertz CT molecular complexity index is 180. The Labute approximate surface area is 76.3 Å². The molecule has 0 fully saturated rings. The Morgan fingerprint density at radius 2 is 1.91 bits per heavy atom. The van der Waals surface area contributed by atoms with E-state index in [1.165, 1.54) is 5.57 Å². The van der Waals surface area contributed by atoms with Crippen molar-refractivity contribution in [1.82, 2.24) is 0 Å². The molecule has 0 saturated carbocycles. The fraction of sp³-hybridized carbons (Fsp3) is 0.556. The lowest BCUT2D eigenvalue weighted by atomic mass is 10.1. The third-order valence-corrected chi connectivity index (χ3v) is 2.03. The molecule has 0 spiro atoms. The Morgan fingerprint density at radius 1 is 1.36 bits per heavy atom. The molecule has 2 heteroatoms. The van der Waals surface area contributed by atoms with Crippen molar-refractivity contribution in [1.29, 1.82) is 0 Å². The highest BCUT2D eigenvalue weighted by molar-refractivity contribution is 9.11. The first kappa shape index (κ1) is 10.9. The van der Waals surface area contributed by atoms with Gasteiger partial charge in [0.05, 0.1) is 0 Å². The first-order valence-corrected chi connectivity index (χ1v) is 4.71. The van der Waals surface area contributed by atoms with E-state index in [1.807, 2.05) is 26.8 Å². The second kappa shape index (κ2) is 5.53. The van der Waals surface area contributed by atoms with Gasteiger partial charge in [0.25, 0.3) is 0 Å². The zero-order chi connectivity index (χ0) is 8.85. The number of halogens is 2. The number of allylic oxidation sites excluding steroid dienone is 4. The normalized spacial score (nSPS) is 17.0. The van der Waals surface area contributed by atoms with Gasteiger partial charge in [-0.15, -0.1) is 0 Å². The zero-order valence-corrected chi connectivity index (χ0v) is 8.83. The second-order valence-electron chi connectivity index (χ2n) is 2.24. The molecule has 64 valence electrons. The summed E-state index contributed by atoms with van der Waals surface area (Å²) in [6, 6.07) is 0. The first-order chi connectivity index (χ1) is 5.20. The van der Waals surface area contributed by atoms with Crippen molar-refractivity contribution in [2.45, 2.75) is 33.6 Å². The van der Waals surface area contributed by atoms with E-state index in [1.54, 1.807) is 0 Å². The summed E-state index contributed by atoms with van der Waals surface area (Å²) < 4.78 is 13.2. The van der Waals surface area contributed by atoms with Gasteiger partial charge in [0.2, 0.25) is 0 Å². The number of rotatable bonds is 0. The minimum Gasteiger partial charge on any atom is -0.211 e. The smallest absolute Gasteiger partial charge is 0.114 e. The molecule has 1 aliphatic carbocycles. The van der Waals surface area contributed by atoms with Gasteiger partial charge in [0.15, 0.2) is 0 Å². The molecule has 0 saturated heterocycles. The molecule has 0 aromatic carbocycles. The molecule has 0 aromatic rings. The van der Waals surface area contributed by atoms with Gasteiger partial charge < -0.3 is 0 Å². The van der Waals surface area contributed by atoms with E-state index in [9.17, 15) is 4.39 Å². The van der Waals surface area contributed by atoms with Crippen LogP contribution in [-0.4, -0.2) is 0 Å². The molecule has 0 N–H and O–H groups in total. The standard InChI is InChI=1S/C7H8BrF.C2H6/c1-5-2-3-7(9)6(8)4-5;1-2/h4H,2-3H2,1H3;1-2H3. The van der Waals surface area contributed by atoms with Gasteiger partial charge in [0.1, 0.15) is 5.83 Å². The van der Waals surface area contributed by atoms with E-state index < -0.39 is 0 Å². The van der Waals surface area contributed by atoms with Crippen molar-refractivity contribution in [3.05, 3.63) is 22.0 Å². The molecule has 0 radical (unpaired) electrons. The molecule has 11 heavy (non-hydrogen) atoms. The fourth-order valence-corrected chi connectivity index (χ4v) is 1.38. The minimum absolute atomic E-state index is 0.0272. The van der Waals surface area contributed by atoms with Crippen molar-refractivity contribution in [2.75, 3.05) is 0 Å². The van der Waals surface area contributed by atoms with Crippen molar-refractivity contribution >= 4 is 15.9 Å². The summed E-state index contributed by atoms with van der Waals surface area (Å²) in [4.78, 5) is 0. The van der Waals surface area contributed by atoms with E-state index >= 15 is 0 Å². The first-order valence-electron chi connectivity index (χ1n) is 3.91. The molecule has 0 bridgehead atoms. The van der Waals surface area contributed by atoms with Crippen LogP contribution in [-0.2, 0) is 0 Å². The van der Waals surface area contributed by atoms with Crippen LogP contribution in [0, 0.1) is 0 Å². The van der Waals surface area contributed by atoms with E-state index in [0.29, 0.717) is 10.9 Å². The van der Waals surface area contributed by atoms with Crippen molar-refractivity contribution in [3.63, 3.8) is 0 Å². The quantitative estimate of drug-likeness (QED) is 0.571. The van der Waals surface area contributed by atoms with E-state index in [0.717, 1.165) is 6.42 Å². The zero-order valence-electron chi connectivity index (χ0n) is 7.25. The van der Waals surface area contributed by atoms with Crippen LogP contribution >= 0.6 is 15.9 Å². The third kappa shape index (κ3) is 3.71. The maximum atomic E-state index is 12.5. The third-order valence-electron chi connectivity index (χ3n) is 1.37. The largest absolute Gasteiger partial charge is 0.211 e. The van der Waals surface area contributed by atoms with Crippen LogP contribution < -0.4 is 0 Å². The Morgan fingerprint density at radius 3 is 2.27 bits per heavy atom. The predicted octanol–water partition coefficient (Wildman–Crippen LogP) is 4.33. The van der Waals surface area contributed by atoms with Crippen LogP contribution in [0.25, 0.3) is 0 Å². The average molecular weight is 221 g/mol. The second-order valence-corrected chi connectivity index (χ2v) is 3.10. The molecule has 0 heterocycles. The number of hydrogen-bond acceptors (Lipinski definition) is 0. The average Bonchev–Trinajstić information content (AvgIpc) is 2.02. The summed E-state index contributed by atoms with van der Waals surface area (Å²) in [6.07, 6.45) is 3.25. The Kier molecular flexibility index (Phi) is 5.47. The van der Waals surface area contributed by atoms with Crippen molar-refractivity contribution < 1.29 is 4.39 Å². The highest BCUT2D eigenvalue weighted by atomic mass is 79.9. The minimum atomic E-state index is -0.0272. The summed E-state index contributed by atoms with van der Waals surface area (Å²) in [7, 11) is 0. The monoisotopic (exact) mass is 220 g/mol. The molecule has 1 rings (SSSR count). The number of hydrogen-bond donors (Lipinski definition) is 0. The molecule has 1 aliphatic rings. The summed E-state index contributed by atoms with van der Waals surface area (Å²) >= 11 is 3.12. The Hall–Kier alpha value is -0.110. The molecule has 0 unspecified atom stereocenters. The van der Waals surface area contributed by atoms with Gasteiger partial charge in [0, 0.05) is 10.9 Å². The van der Waals surface area contributed by atoms with Crippen molar-refractivity contribution in [3.8, 4) is 0 Å². The predicted molar refractivity (Wildman–Crippen MR) is 51.4 cm³/mol. The molecule has 0 aliphatic heterocycles. The molecule has 0 amide bonds. The summed E-state index contributed by atoms with van der Waals surface area (Å²) in [6.45, 7) is 6.01. The van der Waals surface area contributed by atoms with Gasteiger partial charge in [-0.2, -0.15) is 0 Å². The van der Waals surface area contributed by atoms with E-state index in [-0.39, 0.29) is 5.83 Å². The highest BCUT2D eigenvalue weighted by Gasteiger charge is 2.07. The van der Waals surface area contributed by atoms with Crippen LogP contribution in [0.3, 0.4) is 0 Å². The van der Waals surface area contributed by atoms with Crippen LogP contribution in [0.1, 0.15) is 33.6 Å². The lowest BCUT2D eigenvalue weighted by Gasteiger charge is -2.06. The molecule has 0 nitrogen and oxygen atoms in total. The summed E-state index contributed by atoms with van der Waals surface area (Å²) in [5, 5.41) is 0. The van der Waals surface area contributed by atoms with Crippen molar-refractivity contribution in [2.24, 2.45) is 0 Å². The van der Waals surface area contributed by atoms with Crippen LogP contribution in [0.15, 0.2) is 22.0 Å². The van der Waals surface area contributed by atoms with E-state index in [4.69, 9.17) is 0 Å². The molecular weight excluding hydrogens is 207 g/mol. The highest BCUT2D eigenvalue weighted by Crippen LogP contribution is 2.27. The maximum absolute atomic E-state index is 12.5. The summed E-state index contributed by atoms with van der Waals surface area (Å²) in [5.41, 5.74) is 1.24. The topological polar surface area (TPSA) is 0 Å². The summed E-state index contributed by atoms with van der Waals surface area (Å²) in [5.74, 6) is -0.0272. The Balaban J connectivity index is 0.000000461. The fourth-order valence-electron chi connectivity index (χ4n) is 0.793. The maximum Gasteiger partial charge on any atom is 0.114 e. The van der Waals surface area contributed by atoms with Gasteiger partial charge in [-0.05, 0) is 35.4 Å². The molecule has 0 atom stereocenters. The van der Waals surface area contributed by atoms with Gasteiger partial charge >= 0.3 is 0 Å². The van der Waals surface area contributed by atoms with Gasteiger partial charge in [-0.3, -0.25) is 0 Å².